The number of anilines is 1. The van der Waals surface area contributed by atoms with Gasteiger partial charge in [-0.05, 0) is 19.1 Å². The zero-order valence-corrected chi connectivity index (χ0v) is 10.8. The maximum Gasteiger partial charge on any atom is 0.185 e. The van der Waals surface area contributed by atoms with E-state index in [4.69, 9.17) is 5.73 Å². The third kappa shape index (κ3) is 2.46. The average molecular weight is 243 g/mol. The molecular weight excluding hydrogens is 226 g/mol. The Balaban J connectivity index is 2.07. The van der Waals surface area contributed by atoms with Gasteiger partial charge in [-0.2, -0.15) is 11.8 Å². The van der Waals surface area contributed by atoms with Crippen LogP contribution in [0.15, 0.2) is 5.38 Å². The first-order valence-electron chi connectivity index (χ1n) is 5.20. The predicted octanol–water partition coefficient (Wildman–Crippen LogP) is 2.10. The molecule has 1 aromatic rings. The fourth-order valence-electron chi connectivity index (χ4n) is 1.63. The van der Waals surface area contributed by atoms with Gasteiger partial charge in [-0.25, -0.2) is 4.98 Å². The van der Waals surface area contributed by atoms with E-state index in [1.165, 1.54) is 17.9 Å². The molecule has 1 fully saturated rings. The summed E-state index contributed by atoms with van der Waals surface area (Å²) in [7, 11) is 2.14. The van der Waals surface area contributed by atoms with Gasteiger partial charge in [0.25, 0.3) is 0 Å². The number of rotatable bonds is 3. The van der Waals surface area contributed by atoms with E-state index in [1.54, 1.807) is 11.3 Å². The van der Waals surface area contributed by atoms with E-state index in [2.05, 4.69) is 22.3 Å². The predicted molar refractivity (Wildman–Crippen MR) is 68.8 cm³/mol. The molecule has 0 saturated carbocycles. The van der Waals surface area contributed by atoms with Crippen LogP contribution >= 0.6 is 23.1 Å². The van der Waals surface area contributed by atoms with Crippen LogP contribution in [-0.4, -0.2) is 29.6 Å². The van der Waals surface area contributed by atoms with Crippen LogP contribution in [0.2, 0.25) is 0 Å². The number of nitrogens with zero attached hydrogens (tertiary/aromatic N) is 2. The summed E-state index contributed by atoms with van der Waals surface area (Å²) in [5.41, 5.74) is 6.81. The number of thioether (sulfide) groups is 1. The maximum absolute atomic E-state index is 5.80. The highest BCUT2D eigenvalue weighted by Gasteiger charge is 2.22. The molecule has 2 heterocycles. The Hall–Kier alpha value is -0.260. The minimum Gasteiger partial charge on any atom is -0.347 e. The summed E-state index contributed by atoms with van der Waals surface area (Å²) in [6, 6.07) is 0.698. The summed E-state index contributed by atoms with van der Waals surface area (Å²) in [4.78, 5) is 6.87. The Morgan fingerprint density at radius 2 is 2.47 bits per heavy atom. The van der Waals surface area contributed by atoms with Crippen molar-refractivity contribution < 1.29 is 0 Å². The Labute approximate surface area is 99.1 Å². The van der Waals surface area contributed by atoms with E-state index in [1.807, 2.05) is 18.7 Å². The van der Waals surface area contributed by atoms with Crippen molar-refractivity contribution >= 4 is 28.2 Å². The lowest BCUT2D eigenvalue weighted by molar-refractivity contribution is 0.693. The van der Waals surface area contributed by atoms with Crippen LogP contribution in [0, 0.1) is 0 Å². The highest BCUT2D eigenvalue weighted by atomic mass is 32.2. The first-order chi connectivity index (χ1) is 7.18. The topological polar surface area (TPSA) is 42.1 Å². The lowest BCUT2D eigenvalue weighted by Crippen LogP contribution is -2.31. The van der Waals surface area contributed by atoms with Gasteiger partial charge in [-0.1, -0.05) is 0 Å². The fraction of sp³-hybridized carbons (Fsp3) is 0.700. The van der Waals surface area contributed by atoms with Crippen LogP contribution in [0.5, 0.6) is 0 Å². The third-order valence-corrected chi connectivity index (χ3v) is 4.83. The summed E-state index contributed by atoms with van der Waals surface area (Å²) in [5, 5.41) is 3.17. The SMILES string of the molecule is CC(N)c1csc(N(C)C2CCSC2)n1. The molecule has 1 aromatic heterocycles. The molecule has 84 valence electrons. The first-order valence-corrected chi connectivity index (χ1v) is 7.23. The van der Waals surface area contributed by atoms with Crippen LogP contribution in [0.4, 0.5) is 5.13 Å². The largest absolute Gasteiger partial charge is 0.347 e. The highest BCUT2D eigenvalue weighted by Crippen LogP contribution is 2.29. The minimum absolute atomic E-state index is 0.0429. The highest BCUT2D eigenvalue weighted by molar-refractivity contribution is 7.99. The number of hydrogen-bond acceptors (Lipinski definition) is 5. The monoisotopic (exact) mass is 243 g/mol. The molecule has 2 rings (SSSR count). The van der Waals surface area contributed by atoms with Crippen LogP contribution in [-0.2, 0) is 0 Å². The summed E-state index contributed by atoms with van der Waals surface area (Å²) >= 11 is 3.73. The molecule has 15 heavy (non-hydrogen) atoms. The zero-order valence-electron chi connectivity index (χ0n) is 9.14. The molecule has 5 heteroatoms. The van der Waals surface area contributed by atoms with Gasteiger partial charge in [0.2, 0.25) is 0 Å². The number of nitrogens with two attached hydrogens (primary N) is 1. The normalized spacial score (nSPS) is 23.0. The molecule has 2 N–H and O–H groups in total. The van der Waals surface area contributed by atoms with Crippen LogP contribution in [0.3, 0.4) is 0 Å². The second-order valence-electron chi connectivity index (χ2n) is 3.97. The van der Waals surface area contributed by atoms with Gasteiger partial charge in [0.1, 0.15) is 0 Å². The van der Waals surface area contributed by atoms with E-state index in [9.17, 15) is 0 Å². The van der Waals surface area contributed by atoms with Gasteiger partial charge >= 0.3 is 0 Å². The first kappa shape index (κ1) is 11.2. The Bertz CT molecular complexity index is 318. The standard InChI is InChI=1S/C10H17N3S2/c1-7(11)9-6-15-10(12-9)13(2)8-3-4-14-5-8/h6-8H,3-5,11H2,1-2H3. The second kappa shape index (κ2) is 4.72. The van der Waals surface area contributed by atoms with Crippen molar-refractivity contribution in [3.8, 4) is 0 Å². The van der Waals surface area contributed by atoms with Gasteiger partial charge < -0.3 is 10.6 Å². The zero-order chi connectivity index (χ0) is 10.8. The third-order valence-electron chi connectivity index (χ3n) is 2.73. The van der Waals surface area contributed by atoms with Gasteiger partial charge in [-0.3, -0.25) is 0 Å². The molecule has 2 unspecified atom stereocenters. The van der Waals surface area contributed by atoms with Gasteiger partial charge in [-0.15, -0.1) is 11.3 Å². The Morgan fingerprint density at radius 1 is 1.67 bits per heavy atom. The van der Waals surface area contributed by atoms with Crippen molar-refractivity contribution in [2.45, 2.75) is 25.4 Å². The van der Waals surface area contributed by atoms with Crippen LogP contribution in [0.1, 0.15) is 25.1 Å². The van der Waals surface area contributed by atoms with Crippen molar-refractivity contribution in [1.82, 2.24) is 4.98 Å². The average Bonchev–Trinajstić information content (AvgIpc) is 2.88. The van der Waals surface area contributed by atoms with Gasteiger partial charge in [0.05, 0.1) is 5.69 Å². The Kier molecular flexibility index (Phi) is 3.53. The molecule has 0 aliphatic carbocycles. The van der Waals surface area contributed by atoms with Crippen molar-refractivity contribution in [3.05, 3.63) is 11.1 Å². The summed E-state index contributed by atoms with van der Waals surface area (Å²) < 4.78 is 0. The quantitative estimate of drug-likeness (QED) is 0.883. The molecule has 0 amide bonds. The van der Waals surface area contributed by atoms with E-state index >= 15 is 0 Å². The molecule has 0 radical (unpaired) electrons. The fourth-order valence-corrected chi connectivity index (χ4v) is 3.87. The number of aromatic nitrogens is 1. The maximum atomic E-state index is 5.80. The van der Waals surface area contributed by atoms with Gasteiger partial charge in [0.15, 0.2) is 5.13 Å². The van der Waals surface area contributed by atoms with E-state index < -0.39 is 0 Å². The Morgan fingerprint density at radius 3 is 3.00 bits per heavy atom. The molecule has 0 aromatic carbocycles. The summed E-state index contributed by atoms with van der Waals surface area (Å²) in [6.07, 6.45) is 1.27. The molecule has 1 saturated heterocycles. The van der Waals surface area contributed by atoms with Gasteiger partial charge in [0, 0.05) is 30.3 Å². The van der Waals surface area contributed by atoms with E-state index in [-0.39, 0.29) is 6.04 Å². The lowest BCUT2D eigenvalue weighted by atomic mass is 10.2. The number of hydrogen-bond donors (Lipinski definition) is 1. The molecular formula is C10H17N3S2. The lowest BCUT2D eigenvalue weighted by Gasteiger charge is -2.22. The smallest absolute Gasteiger partial charge is 0.185 e. The second-order valence-corrected chi connectivity index (χ2v) is 5.96. The molecule has 3 nitrogen and oxygen atoms in total. The van der Waals surface area contributed by atoms with E-state index in [0.29, 0.717) is 6.04 Å². The molecule has 2 atom stereocenters. The van der Waals surface area contributed by atoms with Crippen molar-refractivity contribution in [2.24, 2.45) is 5.73 Å². The van der Waals surface area contributed by atoms with Crippen molar-refractivity contribution in [1.29, 1.82) is 0 Å². The summed E-state index contributed by atoms with van der Waals surface area (Å²) in [6.45, 7) is 1.98. The van der Waals surface area contributed by atoms with Crippen LogP contribution in [0.25, 0.3) is 0 Å². The molecule has 0 spiro atoms. The van der Waals surface area contributed by atoms with Crippen LogP contribution < -0.4 is 10.6 Å². The van der Waals surface area contributed by atoms with E-state index in [0.717, 1.165) is 10.8 Å². The molecule has 0 bridgehead atoms. The van der Waals surface area contributed by atoms with Crippen molar-refractivity contribution in [3.63, 3.8) is 0 Å². The molecule has 1 aliphatic heterocycles. The number of thiazole rings is 1. The minimum atomic E-state index is 0.0429. The van der Waals surface area contributed by atoms with Crippen molar-refractivity contribution in [2.75, 3.05) is 23.5 Å². The summed E-state index contributed by atoms with van der Waals surface area (Å²) in [5.74, 6) is 2.50. The molecule has 1 aliphatic rings.